The molecular formula is C15H15AgN3O2. The van der Waals surface area contributed by atoms with Crippen LogP contribution in [0.5, 0.6) is 0 Å². The Morgan fingerprint density at radius 2 is 1.19 bits per heavy atom. The van der Waals surface area contributed by atoms with E-state index in [0.717, 1.165) is 11.1 Å². The number of benzene rings is 2. The number of hydrogen-bond donors (Lipinski definition) is 3. The van der Waals surface area contributed by atoms with Gasteiger partial charge in [-0.1, -0.05) is 60.7 Å². The van der Waals surface area contributed by atoms with Crippen molar-refractivity contribution in [2.24, 2.45) is 0 Å². The Bertz CT molecular complexity index is 592. The van der Waals surface area contributed by atoms with E-state index in [0.29, 0.717) is 0 Å². The fraction of sp³-hybridized carbons (Fsp3) is 0.0667. The standard InChI is InChI=1S/C15H12N2O2.Ag.H3N/c18-13-15(17-14(19)16-13,11-7-3-1-4-8-11)12-9-5-2-6-10-12;;/h1-10H,(H2,16,17,18,19);;1H3. The van der Waals surface area contributed by atoms with Crippen LogP contribution in [0, 0.1) is 0 Å². The van der Waals surface area contributed by atoms with E-state index in [1.54, 1.807) is 0 Å². The third-order valence-corrected chi connectivity index (χ3v) is 3.28. The Kier molecular flexibility index (Phi) is 5.46. The number of rotatable bonds is 2. The Balaban J connectivity index is 0.00000110. The second-order valence-corrected chi connectivity index (χ2v) is 4.39. The molecule has 0 aromatic heterocycles. The summed E-state index contributed by atoms with van der Waals surface area (Å²) in [6.45, 7) is 0. The summed E-state index contributed by atoms with van der Waals surface area (Å²) in [7, 11) is 0. The first kappa shape index (κ1) is 17.1. The van der Waals surface area contributed by atoms with Gasteiger partial charge in [0.2, 0.25) is 0 Å². The van der Waals surface area contributed by atoms with Crippen molar-refractivity contribution in [2.75, 3.05) is 0 Å². The molecule has 0 spiro atoms. The van der Waals surface area contributed by atoms with Crippen LogP contribution in [-0.2, 0) is 32.7 Å². The summed E-state index contributed by atoms with van der Waals surface area (Å²) >= 11 is 0. The van der Waals surface area contributed by atoms with Crippen LogP contribution in [0.3, 0.4) is 0 Å². The smallest absolute Gasteiger partial charge is 0.322 e. The van der Waals surface area contributed by atoms with E-state index in [1.807, 2.05) is 60.7 Å². The molecule has 1 heterocycles. The first-order valence-electron chi connectivity index (χ1n) is 5.98. The maximum Gasteiger partial charge on any atom is 0.322 e. The van der Waals surface area contributed by atoms with Crippen LogP contribution in [0.2, 0.25) is 0 Å². The van der Waals surface area contributed by atoms with E-state index in [9.17, 15) is 9.59 Å². The minimum atomic E-state index is -1.14. The van der Waals surface area contributed by atoms with Crippen LogP contribution in [0.1, 0.15) is 11.1 Å². The van der Waals surface area contributed by atoms with Gasteiger partial charge in [0, 0.05) is 22.4 Å². The van der Waals surface area contributed by atoms with Gasteiger partial charge in [0.1, 0.15) is 0 Å². The molecule has 0 saturated carbocycles. The topological polar surface area (TPSA) is 93.2 Å². The molecule has 2 aromatic carbocycles. The van der Waals surface area contributed by atoms with E-state index in [4.69, 9.17) is 0 Å². The summed E-state index contributed by atoms with van der Waals surface area (Å²) in [6, 6.07) is 18.0. The van der Waals surface area contributed by atoms with Crippen molar-refractivity contribution in [1.29, 1.82) is 0 Å². The van der Waals surface area contributed by atoms with Crippen molar-refractivity contribution >= 4 is 11.9 Å². The fourth-order valence-corrected chi connectivity index (χ4v) is 2.40. The fourth-order valence-electron chi connectivity index (χ4n) is 2.40. The molecule has 1 aliphatic rings. The van der Waals surface area contributed by atoms with Crippen molar-refractivity contribution in [3.63, 3.8) is 0 Å². The minimum Gasteiger partial charge on any atom is -0.344 e. The molecular weight excluding hydrogens is 362 g/mol. The molecule has 1 aliphatic heterocycles. The summed E-state index contributed by atoms with van der Waals surface area (Å²) in [4.78, 5) is 23.9. The number of carbonyl (C=O) groups is 2. The quantitative estimate of drug-likeness (QED) is 0.552. The summed E-state index contributed by atoms with van der Waals surface area (Å²) < 4.78 is 0. The molecule has 5 nitrogen and oxygen atoms in total. The maximum atomic E-state index is 12.3. The molecule has 0 unspecified atom stereocenters. The number of nitrogens with one attached hydrogen (secondary N) is 2. The Labute approximate surface area is 138 Å². The van der Waals surface area contributed by atoms with Gasteiger partial charge < -0.3 is 11.5 Å². The zero-order chi connectivity index (χ0) is 13.3. The second kappa shape index (κ2) is 6.69. The molecule has 2 aromatic rings. The molecule has 1 radical (unpaired) electrons. The summed E-state index contributed by atoms with van der Waals surface area (Å²) in [6.07, 6.45) is 0. The van der Waals surface area contributed by atoms with Gasteiger partial charge in [0.15, 0.2) is 5.54 Å². The number of carbonyl (C=O) groups excluding carboxylic acids is 2. The number of amides is 3. The molecule has 21 heavy (non-hydrogen) atoms. The largest absolute Gasteiger partial charge is 0.344 e. The number of urea groups is 1. The summed E-state index contributed by atoms with van der Waals surface area (Å²) in [5, 5.41) is 5.07. The zero-order valence-corrected chi connectivity index (χ0v) is 12.6. The maximum absolute atomic E-state index is 12.3. The predicted octanol–water partition coefficient (Wildman–Crippen LogP) is 1.93. The summed E-state index contributed by atoms with van der Waals surface area (Å²) in [5.74, 6) is -0.352. The average Bonchev–Trinajstić information content (AvgIpc) is 2.76. The first-order valence-corrected chi connectivity index (χ1v) is 5.98. The van der Waals surface area contributed by atoms with Crippen LogP contribution in [0.4, 0.5) is 4.79 Å². The monoisotopic (exact) mass is 376 g/mol. The third-order valence-electron chi connectivity index (χ3n) is 3.28. The molecule has 3 rings (SSSR count). The normalized spacial score (nSPS) is 15.2. The third kappa shape index (κ3) is 2.77. The molecule has 0 aliphatic carbocycles. The second-order valence-electron chi connectivity index (χ2n) is 4.39. The average molecular weight is 377 g/mol. The van der Waals surface area contributed by atoms with Crippen molar-refractivity contribution in [3.8, 4) is 0 Å². The van der Waals surface area contributed by atoms with Gasteiger partial charge in [0.05, 0.1) is 0 Å². The molecule has 0 bridgehead atoms. The van der Waals surface area contributed by atoms with Gasteiger partial charge in [-0.05, 0) is 11.1 Å². The molecule has 0 atom stereocenters. The Morgan fingerprint density at radius 3 is 1.52 bits per heavy atom. The molecule has 6 heteroatoms. The SMILES string of the molecule is N.O=C1NC(=O)C(c2ccccc2)(c2ccccc2)N1.[Ag]. The van der Waals surface area contributed by atoms with Gasteiger partial charge in [-0.15, -0.1) is 0 Å². The van der Waals surface area contributed by atoms with Crippen molar-refractivity contribution in [3.05, 3.63) is 71.8 Å². The van der Waals surface area contributed by atoms with Gasteiger partial charge in [-0.3, -0.25) is 10.1 Å². The molecule has 3 amide bonds. The van der Waals surface area contributed by atoms with Crippen LogP contribution in [0.15, 0.2) is 60.7 Å². The predicted molar refractivity (Wildman–Crippen MR) is 75.4 cm³/mol. The van der Waals surface area contributed by atoms with Gasteiger partial charge in [-0.2, -0.15) is 0 Å². The molecule has 113 valence electrons. The Hall–Kier alpha value is -1.92. The number of imide groups is 1. The van der Waals surface area contributed by atoms with Crippen LogP contribution >= 0.6 is 0 Å². The van der Waals surface area contributed by atoms with Crippen molar-refractivity contribution < 1.29 is 32.0 Å². The van der Waals surface area contributed by atoms with Crippen molar-refractivity contribution in [1.82, 2.24) is 16.8 Å². The van der Waals surface area contributed by atoms with Gasteiger partial charge in [-0.25, -0.2) is 4.79 Å². The van der Waals surface area contributed by atoms with E-state index in [-0.39, 0.29) is 34.4 Å². The zero-order valence-electron chi connectivity index (χ0n) is 11.1. The van der Waals surface area contributed by atoms with Crippen LogP contribution in [0.25, 0.3) is 0 Å². The summed E-state index contributed by atoms with van der Waals surface area (Å²) in [5.41, 5.74) is 0.341. The van der Waals surface area contributed by atoms with E-state index < -0.39 is 11.6 Å². The number of hydrogen-bond acceptors (Lipinski definition) is 3. The Morgan fingerprint density at radius 1 is 0.762 bits per heavy atom. The van der Waals surface area contributed by atoms with Gasteiger partial charge >= 0.3 is 6.03 Å². The molecule has 1 fully saturated rings. The van der Waals surface area contributed by atoms with Crippen LogP contribution < -0.4 is 16.8 Å². The van der Waals surface area contributed by atoms with Crippen molar-refractivity contribution in [2.45, 2.75) is 5.54 Å². The first-order chi connectivity index (χ1) is 9.23. The van der Waals surface area contributed by atoms with Gasteiger partial charge in [0.25, 0.3) is 5.91 Å². The van der Waals surface area contributed by atoms with E-state index in [1.165, 1.54) is 0 Å². The molecule has 1 saturated heterocycles. The van der Waals surface area contributed by atoms with Crippen LogP contribution in [-0.4, -0.2) is 11.9 Å². The van der Waals surface area contributed by atoms with E-state index >= 15 is 0 Å². The minimum absolute atomic E-state index is 0. The van der Waals surface area contributed by atoms with E-state index in [2.05, 4.69) is 10.6 Å². The molecule has 5 N–H and O–H groups in total.